The summed E-state index contributed by atoms with van der Waals surface area (Å²) < 4.78 is 7.70. The first-order valence-corrected chi connectivity index (χ1v) is 10.8. The lowest BCUT2D eigenvalue weighted by molar-refractivity contribution is -0.385. The number of hydrogen-bond donors (Lipinski definition) is 1. The smallest absolute Gasteiger partial charge is 0.409 e. The molecular formula is C20H28N8O6. The predicted molar refractivity (Wildman–Crippen MR) is 119 cm³/mol. The van der Waals surface area contributed by atoms with Gasteiger partial charge in [-0.2, -0.15) is 10.2 Å². The van der Waals surface area contributed by atoms with Gasteiger partial charge in [0.15, 0.2) is 0 Å². The monoisotopic (exact) mass is 476 g/mol. The zero-order valence-electron chi connectivity index (χ0n) is 19.8. The molecule has 0 bridgehead atoms. The summed E-state index contributed by atoms with van der Waals surface area (Å²) in [5.74, 6) is -0.924. The van der Waals surface area contributed by atoms with Crippen molar-refractivity contribution in [3.63, 3.8) is 0 Å². The van der Waals surface area contributed by atoms with Crippen LogP contribution in [0, 0.1) is 24.0 Å². The molecule has 1 fully saturated rings. The van der Waals surface area contributed by atoms with Crippen LogP contribution < -0.4 is 5.32 Å². The number of nitro groups is 1. The Kier molecular flexibility index (Phi) is 7.17. The zero-order valence-corrected chi connectivity index (χ0v) is 19.8. The van der Waals surface area contributed by atoms with Gasteiger partial charge in [-0.05, 0) is 27.7 Å². The van der Waals surface area contributed by atoms with Crippen molar-refractivity contribution in [1.82, 2.24) is 29.4 Å². The highest BCUT2D eigenvalue weighted by atomic mass is 16.6. The second-order valence-electron chi connectivity index (χ2n) is 7.91. The molecule has 0 aliphatic carbocycles. The van der Waals surface area contributed by atoms with Crippen LogP contribution in [0.2, 0.25) is 0 Å². The van der Waals surface area contributed by atoms with E-state index in [-0.39, 0.29) is 23.0 Å². The first-order chi connectivity index (χ1) is 16.0. The predicted octanol–water partition coefficient (Wildman–Crippen LogP) is 1.26. The van der Waals surface area contributed by atoms with E-state index in [0.717, 1.165) is 0 Å². The minimum Gasteiger partial charge on any atom is -0.450 e. The van der Waals surface area contributed by atoms with E-state index in [1.807, 2.05) is 0 Å². The van der Waals surface area contributed by atoms with Crippen molar-refractivity contribution in [2.75, 3.05) is 38.1 Å². The minimum absolute atomic E-state index is 0.181. The molecule has 1 unspecified atom stereocenters. The van der Waals surface area contributed by atoms with Crippen molar-refractivity contribution in [1.29, 1.82) is 0 Å². The van der Waals surface area contributed by atoms with Crippen LogP contribution in [-0.4, -0.2) is 85.0 Å². The lowest BCUT2D eigenvalue weighted by Gasteiger charge is -2.35. The number of amides is 3. The number of aromatic nitrogens is 4. The standard InChI is InChI=1S/C20H28N8O6/c1-6-34-20(31)26-9-7-25(8-10-26)19(30)14(4)27-11-15(12(2)22-27)21-18(29)16-17(28(32)33)13(3)24(5)23-16/h11,14H,6-10H2,1-5H3,(H,21,29). The van der Waals surface area contributed by atoms with Crippen LogP contribution in [0.5, 0.6) is 0 Å². The maximum atomic E-state index is 13.0. The molecule has 0 radical (unpaired) electrons. The number of anilines is 1. The van der Waals surface area contributed by atoms with Crippen molar-refractivity contribution in [2.24, 2.45) is 7.05 Å². The van der Waals surface area contributed by atoms with Gasteiger partial charge in [-0.3, -0.25) is 29.1 Å². The summed E-state index contributed by atoms with van der Waals surface area (Å²) in [6, 6.07) is -0.662. The average molecular weight is 476 g/mol. The van der Waals surface area contributed by atoms with Crippen molar-refractivity contribution in [3.05, 3.63) is 33.4 Å². The van der Waals surface area contributed by atoms with Gasteiger partial charge in [0.05, 0.1) is 22.9 Å². The van der Waals surface area contributed by atoms with E-state index in [9.17, 15) is 24.5 Å². The minimum atomic E-state index is -0.743. The third-order valence-corrected chi connectivity index (χ3v) is 5.74. The maximum absolute atomic E-state index is 13.0. The van der Waals surface area contributed by atoms with Crippen molar-refractivity contribution >= 4 is 29.3 Å². The molecule has 1 atom stereocenters. The first kappa shape index (κ1) is 24.7. The van der Waals surface area contributed by atoms with Gasteiger partial charge in [0, 0.05) is 39.4 Å². The van der Waals surface area contributed by atoms with Gasteiger partial charge in [-0.15, -0.1) is 0 Å². The Labute approximate surface area is 195 Å². The molecule has 2 aromatic heterocycles. The van der Waals surface area contributed by atoms with Crippen molar-refractivity contribution < 1.29 is 24.0 Å². The summed E-state index contributed by atoms with van der Waals surface area (Å²) >= 11 is 0. The number of nitrogens with one attached hydrogen (secondary N) is 1. The second-order valence-corrected chi connectivity index (χ2v) is 7.91. The van der Waals surface area contributed by atoms with Gasteiger partial charge < -0.3 is 19.9 Å². The van der Waals surface area contributed by atoms with E-state index in [4.69, 9.17) is 4.74 Å². The molecule has 1 aliphatic rings. The number of hydrogen-bond acceptors (Lipinski definition) is 8. The summed E-state index contributed by atoms with van der Waals surface area (Å²) in [7, 11) is 1.52. The number of carbonyl (C=O) groups is 3. The molecule has 14 heteroatoms. The zero-order chi connectivity index (χ0) is 25.2. The lowest BCUT2D eigenvalue weighted by atomic mass is 10.2. The molecule has 1 saturated heterocycles. The molecule has 1 N–H and O–H groups in total. The molecule has 0 aromatic carbocycles. The largest absolute Gasteiger partial charge is 0.450 e. The Morgan fingerprint density at radius 2 is 1.79 bits per heavy atom. The van der Waals surface area contributed by atoms with Crippen molar-refractivity contribution in [3.8, 4) is 0 Å². The molecule has 14 nitrogen and oxygen atoms in total. The van der Waals surface area contributed by atoms with Gasteiger partial charge in [-0.1, -0.05) is 0 Å². The fraction of sp³-hybridized carbons (Fsp3) is 0.550. The highest BCUT2D eigenvalue weighted by molar-refractivity contribution is 6.06. The SMILES string of the molecule is CCOC(=O)N1CCN(C(=O)C(C)n2cc(NC(=O)c3nn(C)c(C)c3[N+](=O)[O-])c(C)n2)CC1. The van der Waals surface area contributed by atoms with Gasteiger partial charge >= 0.3 is 11.8 Å². The van der Waals surface area contributed by atoms with E-state index >= 15 is 0 Å². The summed E-state index contributed by atoms with van der Waals surface area (Å²) in [5, 5.41) is 22.3. The van der Waals surface area contributed by atoms with E-state index in [0.29, 0.717) is 44.2 Å². The number of aryl methyl sites for hydroxylation is 2. The molecule has 0 spiro atoms. The quantitative estimate of drug-likeness (QED) is 0.482. The first-order valence-electron chi connectivity index (χ1n) is 10.8. The topological polar surface area (TPSA) is 158 Å². The van der Waals surface area contributed by atoms with Crippen molar-refractivity contribution in [2.45, 2.75) is 33.7 Å². The van der Waals surface area contributed by atoms with Crippen LogP contribution in [0.3, 0.4) is 0 Å². The highest BCUT2D eigenvalue weighted by Gasteiger charge is 2.31. The van der Waals surface area contributed by atoms with Crippen LogP contribution in [0.15, 0.2) is 6.20 Å². The van der Waals surface area contributed by atoms with Crippen LogP contribution in [0.25, 0.3) is 0 Å². The van der Waals surface area contributed by atoms with E-state index in [1.54, 1.807) is 30.6 Å². The lowest BCUT2D eigenvalue weighted by Crippen LogP contribution is -2.52. The number of carbonyl (C=O) groups excluding carboxylic acids is 3. The molecule has 34 heavy (non-hydrogen) atoms. The second kappa shape index (κ2) is 9.89. The van der Waals surface area contributed by atoms with E-state index in [1.165, 1.54) is 29.5 Å². The summed E-state index contributed by atoms with van der Waals surface area (Å²) in [6.07, 6.45) is 1.11. The molecule has 3 amide bonds. The third-order valence-electron chi connectivity index (χ3n) is 5.74. The third kappa shape index (κ3) is 4.84. The average Bonchev–Trinajstić information content (AvgIpc) is 3.32. The normalized spacial score (nSPS) is 14.6. The molecule has 2 aromatic rings. The Balaban J connectivity index is 1.68. The Morgan fingerprint density at radius 3 is 2.38 bits per heavy atom. The van der Waals surface area contributed by atoms with Gasteiger partial charge in [0.2, 0.25) is 11.6 Å². The Hall–Kier alpha value is -3.97. The summed E-state index contributed by atoms with van der Waals surface area (Å²) in [5.41, 5.74) is 0.339. The fourth-order valence-corrected chi connectivity index (χ4v) is 3.65. The molecule has 3 rings (SSSR count). The van der Waals surface area contributed by atoms with Crippen LogP contribution in [0.4, 0.5) is 16.2 Å². The Morgan fingerprint density at radius 1 is 1.18 bits per heavy atom. The summed E-state index contributed by atoms with van der Waals surface area (Å²) in [6.45, 7) is 8.36. The van der Waals surface area contributed by atoms with Crippen LogP contribution in [-0.2, 0) is 16.6 Å². The number of nitrogens with zero attached hydrogens (tertiary/aromatic N) is 7. The fourth-order valence-electron chi connectivity index (χ4n) is 3.65. The molecule has 3 heterocycles. The molecule has 0 saturated carbocycles. The number of rotatable bonds is 6. The summed E-state index contributed by atoms with van der Waals surface area (Å²) in [4.78, 5) is 51.5. The maximum Gasteiger partial charge on any atom is 0.409 e. The molecular weight excluding hydrogens is 448 g/mol. The van der Waals surface area contributed by atoms with Crippen LogP contribution in [0.1, 0.15) is 41.8 Å². The van der Waals surface area contributed by atoms with Gasteiger partial charge in [0.25, 0.3) is 5.91 Å². The molecule has 1 aliphatic heterocycles. The Bertz CT molecular complexity index is 1110. The van der Waals surface area contributed by atoms with Crippen LogP contribution >= 0.6 is 0 Å². The van der Waals surface area contributed by atoms with Gasteiger partial charge in [-0.25, -0.2) is 4.79 Å². The number of piperazine rings is 1. The van der Waals surface area contributed by atoms with Gasteiger partial charge in [0.1, 0.15) is 11.7 Å². The molecule has 184 valence electrons. The van der Waals surface area contributed by atoms with E-state index in [2.05, 4.69) is 15.5 Å². The van der Waals surface area contributed by atoms with E-state index < -0.39 is 23.0 Å². The number of ether oxygens (including phenoxy) is 1. The highest BCUT2D eigenvalue weighted by Crippen LogP contribution is 2.24.